The van der Waals surface area contributed by atoms with Gasteiger partial charge in [-0.15, -0.1) is 6.58 Å². The van der Waals surface area contributed by atoms with Crippen LogP contribution in [0.3, 0.4) is 0 Å². The number of aliphatic imine (C=N–C) groups is 1. The van der Waals surface area contributed by atoms with Crippen LogP contribution in [0.4, 0.5) is 0 Å². The molecule has 5 nitrogen and oxygen atoms in total. The van der Waals surface area contributed by atoms with Gasteiger partial charge in [0.05, 0.1) is 13.2 Å². The largest absolute Gasteiger partial charge is 0.379 e. The maximum Gasteiger partial charge on any atom is 0.191 e. The molecule has 1 saturated heterocycles. The molecule has 1 aliphatic heterocycles. The van der Waals surface area contributed by atoms with Gasteiger partial charge in [-0.05, 0) is 11.1 Å². The van der Waals surface area contributed by atoms with Gasteiger partial charge in [0.2, 0.25) is 0 Å². The highest BCUT2D eigenvalue weighted by molar-refractivity contribution is 5.79. The van der Waals surface area contributed by atoms with Crippen LogP contribution in [-0.4, -0.2) is 50.8 Å². The summed E-state index contributed by atoms with van der Waals surface area (Å²) in [5, 5.41) is 6.44. The van der Waals surface area contributed by atoms with Crippen LogP contribution in [0.2, 0.25) is 0 Å². The maximum absolute atomic E-state index is 5.38. The molecule has 0 amide bonds. The molecule has 1 aliphatic rings. The fourth-order valence-electron chi connectivity index (χ4n) is 2.36. The molecule has 0 unspecified atom stereocenters. The Bertz CT molecular complexity index is 478. The number of guanidine groups is 1. The first-order valence-corrected chi connectivity index (χ1v) is 7.75. The third kappa shape index (κ3) is 5.50. The van der Waals surface area contributed by atoms with Gasteiger partial charge >= 0.3 is 0 Å². The number of nitrogens with zero attached hydrogens (tertiary/aromatic N) is 2. The third-order valence-corrected chi connectivity index (χ3v) is 3.63. The van der Waals surface area contributed by atoms with Gasteiger partial charge in [-0.25, -0.2) is 0 Å². The van der Waals surface area contributed by atoms with E-state index in [9.17, 15) is 0 Å². The van der Waals surface area contributed by atoms with E-state index in [1.54, 1.807) is 7.05 Å². The molecule has 1 aromatic carbocycles. The van der Waals surface area contributed by atoms with Crippen LogP contribution in [0, 0.1) is 0 Å². The zero-order chi connectivity index (χ0) is 15.6. The van der Waals surface area contributed by atoms with Crippen LogP contribution in [0.25, 0.3) is 0 Å². The van der Waals surface area contributed by atoms with Crippen molar-refractivity contribution < 1.29 is 4.74 Å². The van der Waals surface area contributed by atoms with Crippen molar-refractivity contribution in [1.29, 1.82) is 0 Å². The van der Waals surface area contributed by atoms with Crippen LogP contribution in [0.1, 0.15) is 11.1 Å². The van der Waals surface area contributed by atoms with E-state index in [4.69, 9.17) is 4.74 Å². The predicted molar refractivity (Wildman–Crippen MR) is 90.9 cm³/mol. The predicted octanol–water partition coefficient (Wildman–Crippen LogP) is 1.37. The number of benzene rings is 1. The second-order valence-corrected chi connectivity index (χ2v) is 5.30. The standard InChI is InChI=1S/C17H26N4O/c1-3-8-19-17(18-2)20-13-15-4-6-16(7-5-15)14-21-9-11-22-12-10-21/h3-7H,1,8-14H2,2H3,(H2,18,19,20). The fraction of sp³-hybridized carbons (Fsp3) is 0.471. The number of hydrogen-bond donors (Lipinski definition) is 2. The van der Waals surface area contributed by atoms with Gasteiger partial charge < -0.3 is 15.4 Å². The van der Waals surface area contributed by atoms with Crippen molar-refractivity contribution in [3.63, 3.8) is 0 Å². The van der Waals surface area contributed by atoms with Gasteiger partial charge in [-0.2, -0.15) is 0 Å². The van der Waals surface area contributed by atoms with Crippen LogP contribution < -0.4 is 10.6 Å². The summed E-state index contributed by atoms with van der Waals surface area (Å²) in [7, 11) is 1.77. The summed E-state index contributed by atoms with van der Waals surface area (Å²) in [6, 6.07) is 8.74. The SMILES string of the molecule is C=CCNC(=NC)NCc1ccc(CN2CCOCC2)cc1. The number of nitrogens with one attached hydrogen (secondary N) is 2. The summed E-state index contributed by atoms with van der Waals surface area (Å²) in [5.41, 5.74) is 2.59. The van der Waals surface area contributed by atoms with Gasteiger partial charge in [0.25, 0.3) is 0 Å². The monoisotopic (exact) mass is 302 g/mol. The Labute approximate surface area is 133 Å². The van der Waals surface area contributed by atoms with Crippen molar-refractivity contribution >= 4 is 5.96 Å². The summed E-state index contributed by atoms with van der Waals surface area (Å²) in [4.78, 5) is 6.59. The molecule has 0 spiro atoms. The third-order valence-electron chi connectivity index (χ3n) is 3.63. The number of rotatable bonds is 6. The van der Waals surface area contributed by atoms with Crippen LogP contribution in [0.5, 0.6) is 0 Å². The summed E-state index contributed by atoms with van der Waals surface area (Å²) < 4.78 is 5.38. The van der Waals surface area contributed by atoms with Gasteiger partial charge in [-0.1, -0.05) is 30.3 Å². The van der Waals surface area contributed by atoms with E-state index in [0.29, 0.717) is 6.54 Å². The summed E-state index contributed by atoms with van der Waals surface area (Å²) in [5.74, 6) is 0.789. The van der Waals surface area contributed by atoms with E-state index >= 15 is 0 Å². The first kappa shape index (κ1) is 16.5. The van der Waals surface area contributed by atoms with Crippen LogP contribution >= 0.6 is 0 Å². The lowest BCUT2D eigenvalue weighted by molar-refractivity contribution is 0.0342. The Balaban J connectivity index is 1.79. The van der Waals surface area contributed by atoms with E-state index in [-0.39, 0.29) is 0 Å². The van der Waals surface area contributed by atoms with Gasteiger partial charge in [0.1, 0.15) is 0 Å². The van der Waals surface area contributed by atoms with Gasteiger partial charge in [-0.3, -0.25) is 9.89 Å². The molecule has 0 atom stereocenters. The molecule has 0 aliphatic carbocycles. The normalized spacial score (nSPS) is 16.3. The highest BCUT2D eigenvalue weighted by Crippen LogP contribution is 2.09. The quantitative estimate of drug-likeness (QED) is 0.473. The molecule has 2 rings (SSSR count). The first-order chi connectivity index (χ1) is 10.8. The van der Waals surface area contributed by atoms with Crippen molar-refractivity contribution in [1.82, 2.24) is 15.5 Å². The summed E-state index contributed by atoms with van der Waals surface area (Å²) >= 11 is 0. The molecule has 0 radical (unpaired) electrons. The van der Waals surface area contributed by atoms with Crippen LogP contribution in [0.15, 0.2) is 41.9 Å². The lowest BCUT2D eigenvalue weighted by atomic mass is 10.1. The molecule has 1 fully saturated rings. The minimum Gasteiger partial charge on any atom is -0.379 e. The Morgan fingerprint density at radius 1 is 1.23 bits per heavy atom. The average Bonchev–Trinajstić information content (AvgIpc) is 2.57. The lowest BCUT2D eigenvalue weighted by Gasteiger charge is -2.26. The molecule has 2 N–H and O–H groups in total. The molecule has 1 heterocycles. The second-order valence-electron chi connectivity index (χ2n) is 5.30. The van der Waals surface area contributed by atoms with E-state index in [2.05, 4.69) is 51.4 Å². The zero-order valence-electron chi connectivity index (χ0n) is 13.3. The van der Waals surface area contributed by atoms with Crippen LogP contribution in [-0.2, 0) is 17.8 Å². The Hall–Kier alpha value is -1.85. The average molecular weight is 302 g/mol. The molecule has 0 bridgehead atoms. The van der Waals surface area contributed by atoms with Crippen molar-refractivity contribution in [2.75, 3.05) is 39.9 Å². The zero-order valence-corrected chi connectivity index (χ0v) is 13.3. The van der Waals surface area contributed by atoms with Crippen molar-refractivity contribution in [3.05, 3.63) is 48.0 Å². The van der Waals surface area contributed by atoms with Gasteiger partial charge in [0, 0.05) is 39.8 Å². The van der Waals surface area contributed by atoms with Crippen molar-refractivity contribution in [2.24, 2.45) is 4.99 Å². The first-order valence-electron chi connectivity index (χ1n) is 7.75. The number of hydrogen-bond acceptors (Lipinski definition) is 3. The Morgan fingerprint density at radius 2 is 1.91 bits per heavy atom. The number of ether oxygens (including phenoxy) is 1. The Kier molecular flexibility index (Phi) is 6.93. The van der Waals surface area contributed by atoms with Crippen molar-refractivity contribution in [3.8, 4) is 0 Å². The number of morpholine rings is 1. The molecule has 1 aromatic rings. The van der Waals surface area contributed by atoms with E-state index < -0.39 is 0 Å². The lowest BCUT2D eigenvalue weighted by Crippen LogP contribution is -2.36. The smallest absolute Gasteiger partial charge is 0.191 e. The van der Waals surface area contributed by atoms with E-state index in [0.717, 1.165) is 45.4 Å². The molecule has 0 saturated carbocycles. The minimum atomic E-state index is 0.707. The highest BCUT2D eigenvalue weighted by Gasteiger charge is 2.10. The minimum absolute atomic E-state index is 0.707. The fourth-order valence-corrected chi connectivity index (χ4v) is 2.36. The molecule has 120 valence electrons. The van der Waals surface area contributed by atoms with Gasteiger partial charge in [0.15, 0.2) is 5.96 Å². The summed E-state index contributed by atoms with van der Waals surface area (Å²) in [6.45, 7) is 9.89. The Morgan fingerprint density at radius 3 is 2.55 bits per heavy atom. The van der Waals surface area contributed by atoms with Crippen molar-refractivity contribution in [2.45, 2.75) is 13.1 Å². The maximum atomic E-state index is 5.38. The molecular weight excluding hydrogens is 276 g/mol. The second kappa shape index (κ2) is 9.23. The molecule has 5 heteroatoms. The van der Waals surface area contributed by atoms with E-state index in [1.165, 1.54) is 11.1 Å². The van der Waals surface area contributed by atoms with E-state index in [1.807, 2.05) is 6.08 Å². The molecule has 0 aromatic heterocycles. The molecule has 22 heavy (non-hydrogen) atoms. The topological polar surface area (TPSA) is 48.9 Å². The highest BCUT2D eigenvalue weighted by atomic mass is 16.5. The summed E-state index contributed by atoms with van der Waals surface area (Å²) in [6.07, 6.45) is 1.81. The molecular formula is C17H26N4O.